The maximum atomic E-state index is 13.2. The van der Waals surface area contributed by atoms with Gasteiger partial charge in [-0.2, -0.15) is 0 Å². The summed E-state index contributed by atoms with van der Waals surface area (Å²) in [5, 5.41) is 0. The number of carbonyl (C=O) groups is 1. The number of rotatable bonds is 5. The lowest BCUT2D eigenvalue weighted by atomic mass is 10.1. The molecule has 2 rings (SSSR count). The van der Waals surface area contributed by atoms with Crippen LogP contribution in [0.15, 0.2) is 70.9 Å². The fourth-order valence-corrected chi connectivity index (χ4v) is 3.56. The second-order valence-electron chi connectivity index (χ2n) is 5.96. The maximum Gasteiger partial charge on any atom is 0.268 e. The van der Waals surface area contributed by atoms with Gasteiger partial charge in [-0.05, 0) is 57.5 Å². The Morgan fingerprint density at radius 2 is 1.60 bits per heavy atom. The first-order valence-electron chi connectivity index (χ1n) is 7.84. The molecule has 0 saturated carbocycles. The molecule has 0 aliphatic carbocycles. The molecule has 0 fully saturated rings. The van der Waals surface area contributed by atoms with Crippen LogP contribution in [0.4, 0.5) is 5.69 Å². The minimum atomic E-state index is -3.87. The Hall–Kier alpha value is -2.62. The molecule has 0 bridgehead atoms. The van der Waals surface area contributed by atoms with Crippen molar-refractivity contribution in [3.8, 4) is 0 Å². The largest absolute Gasteiger partial charge is 0.294 e. The number of carbonyl (C=O) groups excluding carboxylic acids is 1. The van der Waals surface area contributed by atoms with Crippen molar-refractivity contribution in [2.75, 3.05) is 4.31 Å². The van der Waals surface area contributed by atoms with Crippen molar-refractivity contribution in [2.45, 2.75) is 32.6 Å². The van der Waals surface area contributed by atoms with Crippen molar-refractivity contribution < 1.29 is 13.2 Å². The molecule has 2 aromatic rings. The minimum absolute atomic E-state index is 0.156. The van der Waals surface area contributed by atoms with Gasteiger partial charge in [0.2, 0.25) is 0 Å². The van der Waals surface area contributed by atoms with Gasteiger partial charge in [0.05, 0.1) is 16.8 Å². The Bertz CT molecular complexity index is 947. The van der Waals surface area contributed by atoms with Crippen LogP contribution in [0.1, 0.15) is 36.7 Å². The van der Waals surface area contributed by atoms with Gasteiger partial charge >= 0.3 is 0 Å². The van der Waals surface area contributed by atoms with E-state index in [4.69, 9.17) is 0 Å². The van der Waals surface area contributed by atoms with Crippen molar-refractivity contribution >= 4 is 21.5 Å². The molecule has 0 unspecified atom stereocenters. The standard InChI is InChI=1S/C20H21NO3S/c1-15(2)13-14-21(20-8-6-5-7-19(20)17(4)22)25(23,24)18-11-9-16(3)10-12-18/h5-12,14H,1-4H3. The Labute approximate surface area is 149 Å². The molecule has 25 heavy (non-hydrogen) atoms. The van der Waals surface area contributed by atoms with Crippen LogP contribution in [-0.2, 0) is 10.0 Å². The highest BCUT2D eigenvalue weighted by molar-refractivity contribution is 7.93. The SMILES string of the molecule is CC(=O)c1ccccc1N(C=C=C(C)C)S(=O)(=O)c1ccc(C)cc1. The Morgan fingerprint density at radius 3 is 2.16 bits per heavy atom. The molecule has 0 aliphatic rings. The zero-order valence-corrected chi connectivity index (χ0v) is 15.6. The second kappa shape index (κ2) is 7.51. The molecular weight excluding hydrogens is 334 g/mol. The van der Waals surface area contributed by atoms with Crippen molar-refractivity contribution in [2.24, 2.45) is 0 Å². The van der Waals surface area contributed by atoms with Gasteiger partial charge in [-0.15, -0.1) is 5.73 Å². The van der Waals surface area contributed by atoms with E-state index >= 15 is 0 Å². The highest BCUT2D eigenvalue weighted by Crippen LogP contribution is 2.28. The number of benzene rings is 2. The quantitative estimate of drug-likeness (QED) is 0.587. The first-order valence-corrected chi connectivity index (χ1v) is 9.28. The van der Waals surface area contributed by atoms with Crippen LogP contribution in [0.3, 0.4) is 0 Å². The summed E-state index contributed by atoms with van der Waals surface area (Å²) in [6.07, 6.45) is 1.37. The highest BCUT2D eigenvalue weighted by Gasteiger charge is 2.26. The van der Waals surface area contributed by atoms with Gasteiger partial charge in [-0.3, -0.25) is 4.79 Å². The number of ketones is 1. The van der Waals surface area contributed by atoms with Crippen molar-refractivity contribution in [1.82, 2.24) is 0 Å². The fourth-order valence-electron chi connectivity index (χ4n) is 2.24. The smallest absolute Gasteiger partial charge is 0.268 e. The number of hydrogen-bond donors (Lipinski definition) is 0. The van der Waals surface area contributed by atoms with Gasteiger partial charge in [-0.25, -0.2) is 12.7 Å². The molecule has 5 heteroatoms. The molecular formula is C20H21NO3S. The Morgan fingerprint density at radius 1 is 1.00 bits per heavy atom. The van der Waals surface area contributed by atoms with Gasteiger partial charge in [0.15, 0.2) is 5.78 Å². The van der Waals surface area contributed by atoms with Crippen LogP contribution >= 0.6 is 0 Å². The number of para-hydroxylation sites is 1. The van der Waals surface area contributed by atoms with Crippen LogP contribution in [0.2, 0.25) is 0 Å². The summed E-state index contributed by atoms with van der Waals surface area (Å²) in [6, 6.07) is 13.3. The number of sulfonamides is 1. The summed E-state index contributed by atoms with van der Waals surface area (Å²) in [4.78, 5) is 12.1. The number of nitrogens with zero attached hydrogens (tertiary/aromatic N) is 1. The predicted octanol–water partition coefficient (Wildman–Crippen LogP) is 4.47. The van der Waals surface area contributed by atoms with Gasteiger partial charge in [0.25, 0.3) is 10.0 Å². The summed E-state index contributed by atoms with van der Waals surface area (Å²) < 4.78 is 27.4. The molecule has 0 N–H and O–H groups in total. The van der Waals surface area contributed by atoms with E-state index < -0.39 is 10.0 Å². The topological polar surface area (TPSA) is 54.5 Å². The number of hydrogen-bond acceptors (Lipinski definition) is 3. The summed E-state index contributed by atoms with van der Waals surface area (Å²) in [7, 11) is -3.87. The molecule has 2 aromatic carbocycles. The van der Waals surface area contributed by atoms with Crippen molar-refractivity contribution in [1.29, 1.82) is 0 Å². The molecule has 0 saturated heterocycles. The average molecular weight is 355 g/mol. The van der Waals surface area contributed by atoms with E-state index in [1.807, 2.05) is 20.8 Å². The lowest BCUT2D eigenvalue weighted by molar-refractivity contribution is 0.101. The lowest BCUT2D eigenvalue weighted by Crippen LogP contribution is -2.27. The number of allylic oxidation sites excluding steroid dienone is 1. The van der Waals surface area contributed by atoms with E-state index in [1.54, 1.807) is 48.5 Å². The molecule has 4 nitrogen and oxygen atoms in total. The zero-order chi connectivity index (χ0) is 18.6. The van der Waals surface area contributed by atoms with Crippen LogP contribution in [0, 0.1) is 6.92 Å². The monoisotopic (exact) mass is 355 g/mol. The van der Waals surface area contributed by atoms with E-state index in [-0.39, 0.29) is 10.7 Å². The van der Waals surface area contributed by atoms with Crippen LogP contribution < -0.4 is 4.31 Å². The van der Waals surface area contributed by atoms with Gasteiger partial charge in [0.1, 0.15) is 0 Å². The minimum Gasteiger partial charge on any atom is -0.294 e. The third-order valence-electron chi connectivity index (χ3n) is 3.57. The third kappa shape index (κ3) is 4.27. The zero-order valence-electron chi connectivity index (χ0n) is 14.8. The second-order valence-corrected chi connectivity index (χ2v) is 7.78. The maximum absolute atomic E-state index is 13.2. The van der Waals surface area contributed by atoms with E-state index in [2.05, 4.69) is 5.73 Å². The average Bonchev–Trinajstić information content (AvgIpc) is 2.55. The van der Waals surface area contributed by atoms with Crippen LogP contribution in [0.25, 0.3) is 0 Å². The highest BCUT2D eigenvalue weighted by atomic mass is 32.2. The molecule has 0 aromatic heterocycles. The molecule has 0 aliphatic heterocycles. The lowest BCUT2D eigenvalue weighted by Gasteiger charge is -2.22. The first-order chi connectivity index (χ1) is 11.7. The summed E-state index contributed by atoms with van der Waals surface area (Å²) in [5.41, 5.74) is 5.36. The number of anilines is 1. The first kappa shape index (κ1) is 18.7. The Kier molecular flexibility index (Phi) is 5.62. The van der Waals surface area contributed by atoms with Crippen LogP contribution in [-0.4, -0.2) is 14.2 Å². The normalized spacial score (nSPS) is 10.7. The van der Waals surface area contributed by atoms with Gasteiger partial charge in [0, 0.05) is 5.56 Å². The molecule has 0 radical (unpaired) electrons. The summed E-state index contributed by atoms with van der Waals surface area (Å²) in [5.74, 6) is -0.203. The van der Waals surface area contributed by atoms with E-state index in [0.717, 1.165) is 15.4 Å². The third-order valence-corrected chi connectivity index (χ3v) is 5.26. The Balaban J connectivity index is 2.72. The predicted molar refractivity (Wildman–Crippen MR) is 100 cm³/mol. The number of Topliss-reactive ketones (excluding diaryl/α,β-unsaturated/α-hetero) is 1. The summed E-state index contributed by atoms with van der Waals surface area (Å²) >= 11 is 0. The molecule has 0 atom stereocenters. The molecule has 0 heterocycles. The van der Waals surface area contributed by atoms with E-state index in [1.165, 1.54) is 13.1 Å². The van der Waals surface area contributed by atoms with Crippen LogP contribution in [0.5, 0.6) is 0 Å². The van der Waals surface area contributed by atoms with Crippen molar-refractivity contribution in [3.63, 3.8) is 0 Å². The molecule has 0 amide bonds. The van der Waals surface area contributed by atoms with Crippen molar-refractivity contribution in [3.05, 3.63) is 77.2 Å². The van der Waals surface area contributed by atoms with E-state index in [0.29, 0.717) is 11.3 Å². The number of aryl methyl sites for hydroxylation is 1. The molecule has 130 valence electrons. The summed E-state index contributed by atoms with van der Waals surface area (Å²) in [6.45, 7) is 6.95. The van der Waals surface area contributed by atoms with Gasteiger partial charge < -0.3 is 0 Å². The molecule has 0 spiro atoms. The fraction of sp³-hybridized carbons (Fsp3) is 0.200. The van der Waals surface area contributed by atoms with E-state index in [9.17, 15) is 13.2 Å². The van der Waals surface area contributed by atoms with Gasteiger partial charge in [-0.1, -0.05) is 29.8 Å².